The molecule has 18 heavy (non-hydrogen) atoms. The van der Waals surface area contributed by atoms with E-state index < -0.39 is 24.3 Å². The molecule has 0 aliphatic carbocycles. The molecule has 0 amide bonds. The number of aliphatic hydroxyl groups is 2. The number of aldehydes is 1. The lowest BCUT2D eigenvalue weighted by Gasteiger charge is -2.26. The first-order valence-corrected chi connectivity index (χ1v) is 5.71. The molecular formula is C10H15FN2O4S. The van der Waals surface area contributed by atoms with Crippen LogP contribution in [-0.2, 0) is 9.53 Å². The van der Waals surface area contributed by atoms with Crippen molar-refractivity contribution in [3.05, 3.63) is 12.0 Å². The zero-order valence-corrected chi connectivity index (χ0v) is 10.6. The van der Waals surface area contributed by atoms with E-state index in [-0.39, 0.29) is 24.4 Å². The van der Waals surface area contributed by atoms with Crippen molar-refractivity contribution < 1.29 is 24.1 Å². The molecule has 3 atom stereocenters. The summed E-state index contributed by atoms with van der Waals surface area (Å²) in [6.07, 6.45) is -1.26. The van der Waals surface area contributed by atoms with E-state index in [1.54, 1.807) is 0 Å². The molecule has 0 bridgehead atoms. The predicted octanol–water partition coefficient (Wildman–Crippen LogP) is -0.729. The number of thiocarbonyl (C=S) groups is 1. The molecule has 1 saturated heterocycles. The predicted molar refractivity (Wildman–Crippen MR) is 65.1 cm³/mol. The Morgan fingerprint density at radius 3 is 2.83 bits per heavy atom. The number of allylic oxidation sites excluding steroid dienone is 1. The lowest BCUT2D eigenvalue weighted by Crippen LogP contribution is -2.41. The van der Waals surface area contributed by atoms with Crippen LogP contribution < -0.4 is 5.32 Å². The van der Waals surface area contributed by atoms with Crippen LogP contribution in [-0.4, -0.2) is 58.6 Å². The highest BCUT2D eigenvalue weighted by molar-refractivity contribution is 7.80. The van der Waals surface area contributed by atoms with E-state index in [1.807, 2.05) is 0 Å². The van der Waals surface area contributed by atoms with Crippen LogP contribution in [0.1, 0.15) is 6.42 Å². The van der Waals surface area contributed by atoms with Crippen molar-refractivity contribution in [3.8, 4) is 0 Å². The summed E-state index contributed by atoms with van der Waals surface area (Å²) in [5.41, 5.74) is 0. The fraction of sp³-hybridized carbons (Fsp3) is 0.600. The van der Waals surface area contributed by atoms with E-state index in [9.17, 15) is 14.3 Å². The second-order valence-electron chi connectivity index (χ2n) is 3.71. The Labute approximate surface area is 109 Å². The molecule has 102 valence electrons. The Kier molecular flexibility index (Phi) is 5.60. The van der Waals surface area contributed by atoms with Crippen molar-refractivity contribution in [2.24, 2.45) is 0 Å². The third kappa shape index (κ3) is 3.45. The fourth-order valence-corrected chi connectivity index (χ4v) is 1.79. The first-order chi connectivity index (χ1) is 8.53. The van der Waals surface area contributed by atoms with E-state index in [0.717, 1.165) is 6.20 Å². The molecule has 1 aliphatic heterocycles. The van der Waals surface area contributed by atoms with Crippen molar-refractivity contribution in [3.63, 3.8) is 0 Å². The molecule has 1 fully saturated rings. The van der Waals surface area contributed by atoms with Gasteiger partial charge in [0.05, 0.1) is 12.7 Å². The largest absolute Gasteiger partial charge is 0.394 e. The van der Waals surface area contributed by atoms with Gasteiger partial charge in [0.1, 0.15) is 12.3 Å². The first-order valence-electron chi connectivity index (χ1n) is 5.30. The van der Waals surface area contributed by atoms with Gasteiger partial charge in [-0.05, 0) is 12.2 Å². The molecule has 0 aromatic rings. The molecule has 0 aromatic carbocycles. The van der Waals surface area contributed by atoms with Crippen LogP contribution in [0.3, 0.4) is 0 Å². The van der Waals surface area contributed by atoms with Gasteiger partial charge in [0, 0.05) is 19.7 Å². The SMILES string of the molecule is CNC(=S)N(/C=C(/F)C=O)[C@H]1C[C@H](O)[C@@H](CO)O1. The summed E-state index contributed by atoms with van der Waals surface area (Å²) in [6, 6.07) is 0. The summed E-state index contributed by atoms with van der Waals surface area (Å²) in [5.74, 6) is -1.02. The Bertz CT molecular complexity index is 353. The standard InChI is InChI=1S/C10H15FN2O4S/c1-12-10(18)13(3-6(11)4-14)9-2-7(16)8(5-15)17-9/h3-4,7-9,15-16H,2,5H2,1H3,(H,12,18)/b6-3+/t7-,8+,9+/m0/s1. The number of aliphatic hydroxyl groups excluding tert-OH is 2. The number of ether oxygens (including phenoxy) is 1. The van der Waals surface area contributed by atoms with Gasteiger partial charge in [-0.25, -0.2) is 4.39 Å². The van der Waals surface area contributed by atoms with E-state index in [2.05, 4.69) is 5.32 Å². The average molecular weight is 278 g/mol. The van der Waals surface area contributed by atoms with Crippen molar-refractivity contribution in [2.75, 3.05) is 13.7 Å². The Morgan fingerprint density at radius 1 is 1.72 bits per heavy atom. The number of hydrogen-bond acceptors (Lipinski definition) is 5. The average Bonchev–Trinajstić information content (AvgIpc) is 2.75. The van der Waals surface area contributed by atoms with Gasteiger partial charge in [0.25, 0.3) is 0 Å². The molecule has 1 heterocycles. The van der Waals surface area contributed by atoms with Gasteiger partial charge >= 0.3 is 0 Å². The summed E-state index contributed by atoms with van der Waals surface area (Å²) in [5, 5.41) is 21.3. The minimum atomic E-state index is -1.02. The lowest BCUT2D eigenvalue weighted by atomic mass is 10.2. The van der Waals surface area contributed by atoms with Crippen LogP contribution in [0.15, 0.2) is 12.0 Å². The Morgan fingerprint density at radius 2 is 2.39 bits per heavy atom. The van der Waals surface area contributed by atoms with Crippen LogP contribution in [0.25, 0.3) is 0 Å². The van der Waals surface area contributed by atoms with Crippen molar-refractivity contribution in [1.82, 2.24) is 10.2 Å². The number of nitrogens with zero attached hydrogens (tertiary/aromatic N) is 1. The highest BCUT2D eigenvalue weighted by Crippen LogP contribution is 2.24. The molecule has 1 aliphatic rings. The van der Waals surface area contributed by atoms with E-state index >= 15 is 0 Å². The third-order valence-corrected chi connectivity index (χ3v) is 2.93. The van der Waals surface area contributed by atoms with Gasteiger partial charge in [-0.15, -0.1) is 0 Å². The zero-order valence-electron chi connectivity index (χ0n) is 9.75. The number of rotatable bonds is 4. The fourth-order valence-electron chi connectivity index (χ4n) is 1.62. The molecule has 0 unspecified atom stereocenters. The Balaban J connectivity index is 2.85. The van der Waals surface area contributed by atoms with Crippen LogP contribution in [0.2, 0.25) is 0 Å². The second-order valence-corrected chi connectivity index (χ2v) is 4.10. The van der Waals surface area contributed by atoms with Gasteiger partial charge in [-0.1, -0.05) is 0 Å². The van der Waals surface area contributed by atoms with E-state index in [4.69, 9.17) is 22.1 Å². The van der Waals surface area contributed by atoms with Crippen molar-refractivity contribution in [2.45, 2.75) is 24.9 Å². The van der Waals surface area contributed by atoms with Crippen LogP contribution in [0.4, 0.5) is 4.39 Å². The quantitative estimate of drug-likeness (QED) is 0.355. The summed E-state index contributed by atoms with van der Waals surface area (Å²) < 4.78 is 18.3. The first kappa shape index (κ1) is 15.0. The maximum atomic E-state index is 13.0. The summed E-state index contributed by atoms with van der Waals surface area (Å²) >= 11 is 4.96. The van der Waals surface area contributed by atoms with E-state index in [1.165, 1.54) is 11.9 Å². The molecule has 0 radical (unpaired) electrons. The van der Waals surface area contributed by atoms with Crippen LogP contribution in [0, 0.1) is 0 Å². The number of halogens is 1. The van der Waals surface area contributed by atoms with Gasteiger partial charge < -0.3 is 20.3 Å². The topological polar surface area (TPSA) is 82.0 Å². The molecule has 0 spiro atoms. The smallest absolute Gasteiger partial charge is 0.179 e. The summed E-state index contributed by atoms with van der Waals surface area (Å²) in [6.45, 7) is -0.350. The van der Waals surface area contributed by atoms with Gasteiger partial charge in [-0.3, -0.25) is 9.69 Å². The normalized spacial score (nSPS) is 28.0. The van der Waals surface area contributed by atoms with E-state index in [0.29, 0.717) is 0 Å². The molecule has 8 heteroatoms. The zero-order chi connectivity index (χ0) is 13.7. The highest BCUT2D eigenvalue weighted by atomic mass is 32.1. The maximum Gasteiger partial charge on any atom is 0.179 e. The van der Waals surface area contributed by atoms with Gasteiger partial charge in [0.2, 0.25) is 0 Å². The van der Waals surface area contributed by atoms with Crippen LogP contribution in [0.5, 0.6) is 0 Å². The van der Waals surface area contributed by atoms with Crippen molar-refractivity contribution in [1.29, 1.82) is 0 Å². The van der Waals surface area contributed by atoms with Crippen molar-refractivity contribution >= 4 is 23.6 Å². The van der Waals surface area contributed by atoms with Gasteiger partial charge in [0.15, 0.2) is 17.2 Å². The molecule has 3 N–H and O–H groups in total. The molecule has 0 saturated carbocycles. The molecule has 6 nitrogen and oxygen atoms in total. The minimum absolute atomic E-state index is 0.0418. The van der Waals surface area contributed by atoms with Crippen LogP contribution >= 0.6 is 12.2 Å². The molecule has 0 aromatic heterocycles. The number of hydrogen-bond donors (Lipinski definition) is 3. The third-order valence-electron chi connectivity index (χ3n) is 2.52. The number of nitrogens with one attached hydrogen (secondary N) is 1. The second kappa shape index (κ2) is 6.74. The molecule has 1 rings (SSSR count). The highest BCUT2D eigenvalue weighted by Gasteiger charge is 2.37. The molecular weight excluding hydrogens is 263 g/mol. The lowest BCUT2D eigenvalue weighted by molar-refractivity contribution is -0.106. The Hall–Kier alpha value is -1.09. The summed E-state index contributed by atoms with van der Waals surface area (Å²) in [7, 11) is 1.54. The number of carbonyl (C=O) groups excluding carboxylic acids is 1. The maximum absolute atomic E-state index is 13.0. The monoisotopic (exact) mass is 278 g/mol. The minimum Gasteiger partial charge on any atom is -0.394 e. The number of carbonyl (C=O) groups is 1. The summed E-state index contributed by atoms with van der Waals surface area (Å²) in [4.78, 5) is 11.5. The van der Waals surface area contributed by atoms with Gasteiger partial charge in [-0.2, -0.15) is 0 Å².